The molecule has 0 aromatic rings. The molecule has 0 aromatic heterocycles. The Bertz CT molecular complexity index is 337. The Morgan fingerprint density at radius 2 is 2.22 bits per heavy atom. The predicted molar refractivity (Wildman–Crippen MR) is 62.1 cm³/mol. The first kappa shape index (κ1) is 14.3. The van der Waals surface area contributed by atoms with Crippen molar-refractivity contribution in [2.45, 2.75) is 32.4 Å². The number of cyclic esters (lactones) is 1. The third-order valence-electron chi connectivity index (χ3n) is 2.27. The second kappa shape index (κ2) is 5.70. The van der Waals surface area contributed by atoms with E-state index < -0.39 is 29.7 Å². The molecular formula is C11H18N2O5. The Balaban J connectivity index is 2.59. The smallest absolute Gasteiger partial charge is 0.408 e. The fourth-order valence-corrected chi connectivity index (χ4v) is 1.43. The van der Waals surface area contributed by atoms with Crippen molar-refractivity contribution in [3.63, 3.8) is 0 Å². The van der Waals surface area contributed by atoms with Gasteiger partial charge in [0.2, 0.25) is 0 Å². The molecule has 2 atom stereocenters. The topological polar surface area (TPSA) is 93.7 Å². The van der Waals surface area contributed by atoms with Gasteiger partial charge in [0.15, 0.2) is 0 Å². The second-order valence-corrected chi connectivity index (χ2v) is 5.03. The molecule has 2 amide bonds. The van der Waals surface area contributed by atoms with E-state index in [0.717, 1.165) is 0 Å². The summed E-state index contributed by atoms with van der Waals surface area (Å²) in [7, 11) is 0. The van der Waals surface area contributed by atoms with Gasteiger partial charge >= 0.3 is 12.2 Å². The van der Waals surface area contributed by atoms with Gasteiger partial charge in [0.1, 0.15) is 18.5 Å². The summed E-state index contributed by atoms with van der Waals surface area (Å²) in [5.41, 5.74) is -0.625. The predicted octanol–water partition coefficient (Wildman–Crippen LogP) is 0.435. The zero-order valence-corrected chi connectivity index (χ0v) is 10.7. The van der Waals surface area contributed by atoms with Crippen LogP contribution in [0, 0.1) is 5.92 Å². The fourth-order valence-electron chi connectivity index (χ4n) is 1.43. The van der Waals surface area contributed by atoms with Gasteiger partial charge in [-0.3, -0.25) is 0 Å². The van der Waals surface area contributed by atoms with Gasteiger partial charge in [0.05, 0.1) is 12.0 Å². The number of alkyl carbamates (subject to hydrolysis) is 2. The highest BCUT2D eigenvalue weighted by molar-refractivity contribution is 5.71. The minimum atomic E-state index is -0.641. The SMILES string of the molecule is CC(C)(C)OC(=O)NC1COC(=O)NCC1C=O. The molecule has 1 aliphatic heterocycles. The number of carbonyl (C=O) groups is 3. The van der Waals surface area contributed by atoms with Crippen LogP contribution >= 0.6 is 0 Å². The van der Waals surface area contributed by atoms with E-state index in [0.29, 0.717) is 6.29 Å². The maximum Gasteiger partial charge on any atom is 0.408 e. The fraction of sp³-hybridized carbons (Fsp3) is 0.727. The maximum atomic E-state index is 11.6. The number of carbonyl (C=O) groups excluding carboxylic acids is 3. The Kier molecular flexibility index (Phi) is 4.52. The first-order valence-electron chi connectivity index (χ1n) is 5.67. The molecule has 0 radical (unpaired) electrons. The second-order valence-electron chi connectivity index (χ2n) is 5.03. The van der Waals surface area contributed by atoms with Crippen LogP contribution in [0.25, 0.3) is 0 Å². The average Bonchev–Trinajstić information content (AvgIpc) is 2.39. The molecule has 7 nitrogen and oxygen atoms in total. The lowest BCUT2D eigenvalue weighted by atomic mass is 10.0. The van der Waals surface area contributed by atoms with Crippen LogP contribution in [0.5, 0.6) is 0 Å². The summed E-state index contributed by atoms with van der Waals surface area (Å²) in [6, 6.07) is -0.587. The Hall–Kier alpha value is -1.79. The van der Waals surface area contributed by atoms with Gasteiger partial charge in [0, 0.05) is 6.54 Å². The van der Waals surface area contributed by atoms with Gasteiger partial charge in [0.25, 0.3) is 0 Å². The number of rotatable bonds is 2. The molecule has 0 saturated carbocycles. The molecule has 0 aromatic carbocycles. The van der Waals surface area contributed by atoms with E-state index in [1.807, 2.05) is 0 Å². The summed E-state index contributed by atoms with van der Waals surface area (Å²) in [5, 5.41) is 4.94. The molecule has 0 spiro atoms. The molecule has 1 aliphatic rings. The first-order valence-corrected chi connectivity index (χ1v) is 5.67. The lowest BCUT2D eigenvalue weighted by Gasteiger charge is -2.24. The molecular weight excluding hydrogens is 240 g/mol. The average molecular weight is 258 g/mol. The molecule has 0 aliphatic carbocycles. The summed E-state index contributed by atoms with van der Waals surface area (Å²) in [6.07, 6.45) is -0.565. The van der Waals surface area contributed by atoms with Crippen LogP contribution in [0.1, 0.15) is 20.8 Å². The number of hydrogen-bond donors (Lipinski definition) is 2. The largest absolute Gasteiger partial charge is 0.447 e. The molecule has 7 heteroatoms. The lowest BCUT2D eigenvalue weighted by molar-refractivity contribution is -0.111. The van der Waals surface area contributed by atoms with Gasteiger partial charge in [-0.25, -0.2) is 9.59 Å². The minimum Gasteiger partial charge on any atom is -0.447 e. The molecule has 1 heterocycles. The van der Waals surface area contributed by atoms with Gasteiger partial charge in [-0.15, -0.1) is 0 Å². The first-order chi connectivity index (χ1) is 8.31. The van der Waals surface area contributed by atoms with Crippen molar-refractivity contribution in [2.24, 2.45) is 5.92 Å². The van der Waals surface area contributed by atoms with Crippen LogP contribution in [-0.2, 0) is 14.3 Å². The van der Waals surface area contributed by atoms with E-state index in [2.05, 4.69) is 10.6 Å². The van der Waals surface area contributed by atoms with E-state index in [4.69, 9.17) is 9.47 Å². The van der Waals surface area contributed by atoms with E-state index >= 15 is 0 Å². The standard InChI is InChI=1S/C11H18N2O5/c1-11(2,3)18-10(16)13-8-6-17-9(15)12-4-7(8)5-14/h5,7-8H,4,6H2,1-3H3,(H,12,15)(H,13,16). The minimum absolute atomic E-state index is 0.0610. The van der Waals surface area contributed by atoms with Crippen molar-refractivity contribution in [2.75, 3.05) is 13.2 Å². The van der Waals surface area contributed by atoms with E-state index in [9.17, 15) is 14.4 Å². The zero-order chi connectivity index (χ0) is 13.8. The molecule has 1 fully saturated rings. The lowest BCUT2D eigenvalue weighted by Crippen LogP contribution is -2.46. The maximum absolute atomic E-state index is 11.6. The van der Waals surface area contributed by atoms with E-state index in [1.165, 1.54) is 0 Å². The third kappa shape index (κ3) is 4.60. The van der Waals surface area contributed by atoms with Gasteiger partial charge < -0.3 is 24.9 Å². The van der Waals surface area contributed by atoms with Crippen molar-refractivity contribution >= 4 is 18.5 Å². The molecule has 18 heavy (non-hydrogen) atoms. The van der Waals surface area contributed by atoms with Crippen LogP contribution in [0.3, 0.4) is 0 Å². The Labute approximate surface area is 105 Å². The summed E-state index contributed by atoms with van der Waals surface area (Å²) < 4.78 is 9.87. The van der Waals surface area contributed by atoms with Crippen LogP contribution in [-0.4, -0.2) is 43.3 Å². The number of ether oxygens (including phenoxy) is 2. The highest BCUT2D eigenvalue weighted by Crippen LogP contribution is 2.09. The van der Waals surface area contributed by atoms with E-state index in [1.54, 1.807) is 20.8 Å². The molecule has 0 bridgehead atoms. The number of hydrogen-bond acceptors (Lipinski definition) is 5. The van der Waals surface area contributed by atoms with Crippen molar-refractivity contribution in [1.82, 2.24) is 10.6 Å². The van der Waals surface area contributed by atoms with Crippen molar-refractivity contribution in [3.8, 4) is 0 Å². The summed E-state index contributed by atoms with van der Waals surface area (Å²) >= 11 is 0. The normalized spacial score (nSPS) is 24.3. The Morgan fingerprint density at radius 1 is 1.56 bits per heavy atom. The monoisotopic (exact) mass is 258 g/mol. The third-order valence-corrected chi connectivity index (χ3v) is 2.27. The summed E-state index contributed by atoms with van der Waals surface area (Å²) in [4.78, 5) is 33.5. The van der Waals surface area contributed by atoms with Crippen molar-refractivity contribution < 1.29 is 23.9 Å². The highest BCUT2D eigenvalue weighted by atomic mass is 16.6. The number of amides is 2. The quantitative estimate of drug-likeness (QED) is 0.701. The van der Waals surface area contributed by atoms with Crippen molar-refractivity contribution in [3.05, 3.63) is 0 Å². The summed E-state index contributed by atoms with van der Waals surface area (Å²) in [5.74, 6) is -0.538. The number of nitrogens with one attached hydrogen (secondary N) is 2. The molecule has 102 valence electrons. The molecule has 1 rings (SSSR count). The molecule has 2 N–H and O–H groups in total. The highest BCUT2D eigenvalue weighted by Gasteiger charge is 2.29. The van der Waals surface area contributed by atoms with Gasteiger partial charge in [-0.05, 0) is 20.8 Å². The summed E-state index contributed by atoms with van der Waals surface area (Å²) in [6.45, 7) is 5.27. The Morgan fingerprint density at radius 3 is 2.78 bits per heavy atom. The zero-order valence-electron chi connectivity index (χ0n) is 10.7. The molecule has 2 unspecified atom stereocenters. The number of aldehydes is 1. The molecule has 1 saturated heterocycles. The van der Waals surface area contributed by atoms with Gasteiger partial charge in [-0.1, -0.05) is 0 Å². The van der Waals surface area contributed by atoms with Crippen LogP contribution in [0.15, 0.2) is 0 Å². The van der Waals surface area contributed by atoms with E-state index in [-0.39, 0.29) is 13.2 Å². The van der Waals surface area contributed by atoms with Crippen LogP contribution < -0.4 is 10.6 Å². The van der Waals surface area contributed by atoms with Gasteiger partial charge in [-0.2, -0.15) is 0 Å². The van der Waals surface area contributed by atoms with Crippen molar-refractivity contribution in [1.29, 1.82) is 0 Å². The van der Waals surface area contributed by atoms with Crippen LogP contribution in [0.4, 0.5) is 9.59 Å². The van der Waals surface area contributed by atoms with Crippen LogP contribution in [0.2, 0.25) is 0 Å².